The van der Waals surface area contributed by atoms with Crippen molar-refractivity contribution in [2.45, 2.75) is 36.6 Å². The molecule has 3 rings (SSSR count). The Kier molecular flexibility index (Phi) is 6.68. The van der Waals surface area contributed by atoms with Crippen molar-refractivity contribution in [1.82, 2.24) is 4.90 Å². The minimum Gasteiger partial charge on any atom is -0.502 e. The summed E-state index contributed by atoms with van der Waals surface area (Å²) in [6.45, 7) is 2.09. The van der Waals surface area contributed by atoms with E-state index in [1.165, 1.54) is 43.5 Å². The molecule has 2 aromatic rings. The van der Waals surface area contributed by atoms with Gasteiger partial charge >= 0.3 is 5.69 Å². The molecule has 0 aromatic heterocycles. The maximum Gasteiger partial charge on any atom is 0.311 e. The lowest BCUT2D eigenvalue weighted by molar-refractivity contribution is -0.386. The summed E-state index contributed by atoms with van der Waals surface area (Å²) in [6, 6.07) is 11.4. The largest absolute Gasteiger partial charge is 0.502 e. The fourth-order valence-electron chi connectivity index (χ4n) is 3.40. The molecule has 2 aromatic carbocycles. The molecular formula is C20H23FN2O3S. The summed E-state index contributed by atoms with van der Waals surface area (Å²) in [5.41, 5.74) is 0.817. The summed E-state index contributed by atoms with van der Waals surface area (Å²) >= 11 is 1.55. The van der Waals surface area contributed by atoms with Crippen LogP contribution < -0.4 is 0 Å². The molecular weight excluding hydrogens is 367 g/mol. The number of halogens is 1. The highest BCUT2D eigenvalue weighted by Gasteiger charge is 2.22. The Hall–Kier alpha value is -2.12. The summed E-state index contributed by atoms with van der Waals surface area (Å²) < 4.78 is 13.2. The maximum atomic E-state index is 13.2. The number of piperidine rings is 1. The number of rotatable bonds is 7. The van der Waals surface area contributed by atoms with Crippen LogP contribution in [0.1, 0.15) is 24.8 Å². The van der Waals surface area contributed by atoms with Crippen LogP contribution in [0.15, 0.2) is 47.4 Å². The van der Waals surface area contributed by atoms with Crippen molar-refractivity contribution in [3.8, 4) is 5.75 Å². The second kappa shape index (κ2) is 9.19. The van der Waals surface area contributed by atoms with Gasteiger partial charge in [-0.25, -0.2) is 4.39 Å². The molecule has 1 N–H and O–H groups in total. The number of nitro groups is 1. The summed E-state index contributed by atoms with van der Waals surface area (Å²) in [5, 5.41) is 20.6. The number of hydrogen-bond acceptors (Lipinski definition) is 5. The SMILES string of the molecule is O=[N+]([O-])c1cc(SCC(Cc2ccc(F)cc2)N2CCCCC2)ccc1O. The van der Waals surface area contributed by atoms with E-state index >= 15 is 0 Å². The van der Waals surface area contributed by atoms with E-state index in [1.807, 2.05) is 12.1 Å². The third-order valence-electron chi connectivity index (χ3n) is 4.88. The highest BCUT2D eigenvalue weighted by atomic mass is 32.2. The van der Waals surface area contributed by atoms with Crippen LogP contribution >= 0.6 is 11.8 Å². The molecule has 1 saturated heterocycles. The fraction of sp³-hybridized carbons (Fsp3) is 0.400. The van der Waals surface area contributed by atoms with Gasteiger partial charge in [0.2, 0.25) is 0 Å². The highest BCUT2D eigenvalue weighted by molar-refractivity contribution is 7.99. The van der Waals surface area contributed by atoms with Crippen LogP contribution in [0.4, 0.5) is 10.1 Å². The fourth-order valence-corrected chi connectivity index (χ4v) is 4.47. The van der Waals surface area contributed by atoms with Gasteiger partial charge in [0, 0.05) is 22.8 Å². The predicted octanol–water partition coefficient (Wildman–Crippen LogP) is 4.63. The number of phenols is 1. The second-order valence-corrected chi connectivity index (χ2v) is 7.89. The molecule has 144 valence electrons. The Balaban J connectivity index is 1.71. The molecule has 0 bridgehead atoms. The molecule has 5 nitrogen and oxygen atoms in total. The number of nitrogens with zero attached hydrogens (tertiary/aromatic N) is 2. The van der Waals surface area contributed by atoms with E-state index < -0.39 is 4.92 Å². The minimum atomic E-state index is -0.569. The molecule has 1 fully saturated rings. The predicted molar refractivity (Wildman–Crippen MR) is 105 cm³/mol. The maximum absolute atomic E-state index is 13.2. The van der Waals surface area contributed by atoms with E-state index in [9.17, 15) is 19.6 Å². The van der Waals surface area contributed by atoms with Gasteiger partial charge in [0.1, 0.15) is 5.82 Å². The van der Waals surface area contributed by atoms with E-state index in [4.69, 9.17) is 0 Å². The van der Waals surface area contributed by atoms with Crippen LogP contribution in [0.25, 0.3) is 0 Å². The first kappa shape index (κ1) is 19.6. The first-order valence-corrected chi connectivity index (χ1v) is 10.1. The van der Waals surface area contributed by atoms with E-state index in [0.717, 1.165) is 35.7 Å². The minimum absolute atomic E-state index is 0.237. The zero-order chi connectivity index (χ0) is 19.2. The van der Waals surface area contributed by atoms with Crippen LogP contribution in [0.3, 0.4) is 0 Å². The number of aromatic hydroxyl groups is 1. The lowest BCUT2D eigenvalue weighted by Crippen LogP contribution is -2.42. The van der Waals surface area contributed by atoms with Gasteiger partial charge in [-0.05, 0) is 62.2 Å². The molecule has 0 amide bonds. The molecule has 1 unspecified atom stereocenters. The molecule has 27 heavy (non-hydrogen) atoms. The molecule has 1 aliphatic heterocycles. The third-order valence-corrected chi connectivity index (χ3v) is 6.02. The number of benzene rings is 2. The smallest absolute Gasteiger partial charge is 0.311 e. The summed E-state index contributed by atoms with van der Waals surface area (Å²) in [7, 11) is 0. The van der Waals surface area contributed by atoms with Gasteiger partial charge in [0.25, 0.3) is 0 Å². The second-order valence-electron chi connectivity index (χ2n) is 6.80. The number of phenolic OH excluding ortho intramolecular Hbond substituents is 1. The van der Waals surface area contributed by atoms with Crippen molar-refractivity contribution in [1.29, 1.82) is 0 Å². The third kappa shape index (κ3) is 5.43. The van der Waals surface area contributed by atoms with E-state index in [-0.39, 0.29) is 23.3 Å². The number of thioether (sulfide) groups is 1. The number of likely N-dealkylation sites (tertiary alicyclic amines) is 1. The van der Waals surface area contributed by atoms with Crippen LogP contribution in [-0.2, 0) is 6.42 Å². The Morgan fingerprint density at radius 1 is 1.15 bits per heavy atom. The van der Waals surface area contributed by atoms with Gasteiger partial charge in [-0.3, -0.25) is 15.0 Å². The summed E-state index contributed by atoms with van der Waals surface area (Å²) in [5.74, 6) is 0.224. The Bertz CT molecular complexity index is 779. The number of hydrogen-bond donors (Lipinski definition) is 1. The van der Waals surface area contributed by atoms with Crippen molar-refractivity contribution in [3.63, 3.8) is 0 Å². The molecule has 0 aliphatic carbocycles. The zero-order valence-electron chi connectivity index (χ0n) is 15.0. The number of nitro benzene ring substituents is 1. The van der Waals surface area contributed by atoms with Crippen LogP contribution in [-0.4, -0.2) is 39.8 Å². The van der Waals surface area contributed by atoms with Crippen molar-refractivity contribution in [3.05, 3.63) is 64.0 Å². The van der Waals surface area contributed by atoms with Crippen LogP contribution in [0, 0.1) is 15.9 Å². The van der Waals surface area contributed by atoms with Gasteiger partial charge in [0.15, 0.2) is 5.75 Å². The standard InChI is InChI=1S/C20H23FN2O3S/c21-16-6-4-15(5-7-16)12-17(22-10-2-1-3-11-22)14-27-18-8-9-20(24)19(13-18)23(25)26/h4-9,13,17,24H,1-3,10-12,14H2. The molecule has 0 spiro atoms. The molecule has 1 aliphatic rings. The van der Waals surface area contributed by atoms with E-state index in [1.54, 1.807) is 17.8 Å². The summed E-state index contributed by atoms with van der Waals surface area (Å²) in [6.07, 6.45) is 4.41. The first-order chi connectivity index (χ1) is 13.0. The van der Waals surface area contributed by atoms with Gasteiger partial charge in [-0.2, -0.15) is 0 Å². The normalized spacial score (nSPS) is 16.2. The molecule has 7 heteroatoms. The molecule has 0 radical (unpaired) electrons. The van der Waals surface area contributed by atoms with Crippen molar-refractivity contribution < 1.29 is 14.4 Å². The lowest BCUT2D eigenvalue weighted by atomic mass is 10.0. The lowest BCUT2D eigenvalue weighted by Gasteiger charge is -2.34. The van der Waals surface area contributed by atoms with E-state index in [2.05, 4.69) is 4.90 Å². The Morgan fingerprint density at radius 3 is 2.52 bits per heavy atom. The Morgan fingerprint density at radius 2 is 1.85 bits per heavy atom. The van der Waals surface area contributed by atoms with Gasteiger partial charge in [0.05, 0.1) is 4.92 Å². The quantitative estimate of drug-likeness (QED) is 0.424. The van der Waals surface area contributed by atoms with Crippen LogP contribution in [0.2, 0.25) is 0 Å². The van der Waals surface area contributed by atoms with Crippen LogP contribution in [0.5, 0.6) is 5.75 Å². The van der Waals surface area contributed by atoms with Crippen molar-refractivity contribution in [2.75, 3.05) is 18.8 Å². The van der Waals surface area contributed by atoms with Gasteiger partial charge < -0.3 is 5.11 Å². The van der Waals surface area contributed by atoms with Gasteiger partial charge in [-0.1, -0.05) is 18.6 Å². The average molecular weight is 390 g/mol. The monoisotopic (exact) mass is 390 g/mol. The molecule has 0 saturated carbocycles. The average Bonchev–Trinajstić information content (AvgIpc) is 2.68. The highest BCUT2D eigenvalue weighted by Crippen LogP contribution is 2.32. The molecule has 1 atom stereocenters. The topological polar surface area (TPSA) is 66.6 Å². The zero-order valence-corrected chi connectivity index (χ0v) is 15.8. The summed E-state index contributed by atoms with van der Waals surface area (Å²) in [4.78, 5) is 13.7. The molecule has 1 heterocycles. The van der Waals surface area contributed by atoms with E-state index in [0.29, 0.717) is 0 Å². The van der Waals surface area contributed by atoms with Gasteiger partial charge in [-0.15, -0.1) is 11.8 Å². The van der Waals surface area contributed by atoms with Crippen molar-refractivity contribution >= 4 is 17.4 Å². The van der Waals surface area contributed by atoms with Crippen molar-refractivity contribution in [2.24, 2.45) is 0 Å². The Labute approximate surface area is 162 Å². The first-order valence-electron chi connectivity index (χ1n) is 9.11.